The SMILES string of the molecule is N#CC(CSc1cnccn1)C(F)(F)F. The van der Waals surface area contributed by atoms with Gasteiger partial charge in [-0.25, -0.2) is 4.98 Å². The molecule has 1 rings (SSSR count). The summed E-state index contributed by atoms with van der Waals surface area (Å²) in [5.41, 5.74) is 0. The maximum absolute atomic E-state index is 12.2. The zero-order chi connectivity index (χ0) is 11.3. The van der Waals surface area contributed by atoms with Gasteiger partial charge in [-0.3, -0.25) is 4.98 Å². The van der Waals surface area contributed by atoms with Gasteiger partial charge in [0, 0.05) is 18.1 Å². The Balaban J connectivity index is 2.54. The number of hydrogen-bond acceptors (Lipinski definition) is 4. The van der Waals surface area contributed by atoms with E-state index in [2.05, 4.69) is 9.97 Å². The number of nitrogens with zero attached hydrogens (tertiary/aromatic N) is 3. The average Bonchev–Trinajstić information content (AvgIpc) is 2.18. The first-order valence-corrected chi connectivity index (χ1v) is 4.87. The predicted octanol–water partition coefficient (Wildman–Crippen LogP) is 2.27. The average molecular weight is 233 g/mol. The Hall–Kier alpha value is -1.29. The van der Waals surface area contributed by atoms with Crippen molar-refractivity contribution < 1.29 is 13.2 Å². The molecule has 0 aliphatic heterocycles. The van der Waals surface area contributed by atoms with Crippen molar-refractivity contribution in [3.8, 4) is 6.07 Å². The fraction of sp³-hybridized carbons (Fsp3) is 0.375. The number of nitriles is 1. The molecule has 1 atom stereocenters. The summed E-state index contributed by atoms with van der Waals surface area (Å²) in [5, 5.41) is 8.70. The van der Waals surface area contributed by atoms with Crippen molar-refractivity contribution >= 4 is 11.8 Å². The summed E-state index contributed by atoms with van der Waals surface area (Å²) >= 11 is 0.864. The number of alkyl halides is 3. The molecule has 0 saturated carbocycles. The highest BCUT2D eigenvalue weighted by molar-refractivity contribution is 7.99. The minimum atomic E-state index is -4.48. The summed E-state index contributed by atoms with van der Waals surface area (Å²) in [6.07, 6.45) is -0.313. The van der Waals surface area contributed by atoms with Crippen LogP contribution in [0.15, 0.2) is 23.6 Å². The van der Waals surface area contributed by atoms with Crippen LogP contribution < -0.4 is 0 Å². The van der Waals surface area contributed by atoms with E-state index in [1.165, 1.54) is 24.7 Å². The van der Waals surface area contributed by atoms with E-state index in [4.69, 9.17) is 5.26 Å². The van der Waals surface area contributed by atoms with E-state index in [0.717, 1.165) is 11.8 Å². The Bertz CT molecular complexity index is 346. The summed E-state index contributed by atoms with van der Waals surface area (Å²) in [6, 6.07) is 1.22. The van der Waals surface area contributed by atoms with Crippen LogP contribution in [0, 0.1) is 17.2 Å². The number of thioether (sulfide) groups is 1. The van der Waals surface area contributed by atoms with Crippen LogP contribution in [0.1, 0.15) is 0 Å². The molecule has 0 bridgehead atoms. The van der Waals surface area contributed by atoms with Crippen molar-refractivity contribution in [1.29, 1.82) is 5.26 Å². The molecule has 1 aromatic rings. The van der Waals surface area contributed by atoms with Gasteiger partial charge < -0.3 is 0 Å². The monoisotopic (exact) mass is 233 g/mol. The van der Waals surface area contributed by atoms with Crippen LogP contribution >= 0.6 is 11.8 Å². The highest BCUT2D eigenvalue weighted by Gasteiger charge is 2.39. The standard InChI is InChI=1S/C8H6F3N3S/c9-8(10,11)6(3-12)5-15-7-4-13-1-2-14-7/h1-2,4,6H,5H2. The molecule has 0 aromatic carbocycles. The van der Waals surface area contributed by atoms with Crippen LogP contribution in [0.5, 0.6) is 0 Å². The minimum Gasteiger partial charge on any atom is -0.260 e. The van der Waals surface area contributed by atoms with Crippen LogP contribution in [0.2, 0.25) is 0 Å². The van der Waals surface area contributed by atoms with Gasteiger partial charge in [0.05, 0.1) is 12.3 Å². The Morgan fingerprint density at radius 3 is 2.67 bits per heavy atom. The van der Waals surface area contributed by atoms with Gasteiger partial charge in [0.1, 0.15) is 5.03 Å². The molecule has 80 valence electrons. The van der Waals surface area contributed by atoms with E-state index in [-0.39, 0.29) is 5.75 Å². The van der Waals surface area contributed by atoms with Crippen molar-refractivity contribution in [2.45, 2.75) is 11.2 Å². The van der Waals surface area contributed by atoms with Crippen molar-refractivity contribution in [2.24, 2.45) is 5.92 Å². The van der Waals surface area contributed by atoms with E-state index in [1.54, 1.807) is 0 Å². The van der Waals surface area contributed by atoms with Crippen molar-refractivity contribution in [2.75, 3.05) is 5.75 Å². The van der Waals surface area contributed by atoms with Crippen LogP contribution in [-0.2, 0) is 0 Å². The smallest absolute Gasteiger partial charge is 0.260 e. The van der Waals surface area contributed by atoms with Crippen molar-refractivity contribution in [3.05, 3.63) is 18.6 Å². The van der Waals surface area contributed by atoms with Gasteiger partial charge >= 0.3 is 6.18 Å². The van der Waals surface area contributed by atoms with Crippen LogP contribution in [0.4, 0.5) is 13.2 Å². The number of hydrogen-bond donors (Lipinski definition) is 0. The van der Waals surface area contributed by atoms with Crippen LogP contribution in [0.3, 0.4) is 0 Å². The van der Waals surface area contributed by atoms with Gasteiger partial charge in [-0.2, -0.15) is 18.4 Å². The van der Waals surface area contributed by atoms with E-state index >= 15 is 0 Å². The topological polar surface area (TPSA) is 49.6 Å². The van der Waals surface area contributed by atoms with Crippen molar-refractivity contribution in [3.63, 3.8) is 0 Å². The Kier molecular flexibility index (Phi) is 3.91. The first-order valence-electron chi connectivity index (χ1n) is 3.89. The molecule has 3 nitrogen and oxygen atoms in total. The maximum Gasteiger partial charge on any atom is 0.405 e. The molecular formula is C8H6F3N3S. The van der Waals surface area contributed by atoms with Gasteiger partial charge in [0.15, 0.2) is 5.92 Å². The molecule has 7 heteroatoms. The molecule has 0 aliphatic rings. The third kappa shape index (κ3) is 3.75. The zero-order valence-electron chi connectivity index (χ0n) is 7.40. The van der Waals surface area contributed by atoms with Gasteiger partial charge in [0.2, 0.25) is 0 Å². The lowest BCUT2D eigenvalue weighted by Crippen LogP contribution is -2.23. The lowest BCUT2D eigenvalue weighted by atomic mass is 10.2. The molecule has 15 heavy (non-hydrogen) atoms. The van der Waals surface area contributed by atoms with Gasteiger partial charge in [0.25, 0.3) is 0 Å². The zero-order valence-corrected chi connectivity index (χ0v) is 8.22. The first-order chi connectivity index (χ1) is 7.04. The van der Waals surface area contributed by atoms with Crippen LogP contribution in [-0.4, -0.2) is 21.9 Å². The molecule has 0 saturated heterocycles. The predicted molar refractivity (Wildman–Crippen MR) is 47.9 cm³/mol. The highest BCUT2D eigenvalue weighted by atomic mass is 32.2. The second-order valence-corrected chi connectivity index (χ2v) is 3.62. The molecule has 1 aromatic heterocycles. The maximum atomic E-state index is 12.2. The number of rotatable bonds is 3. The second kappa shape index (κ2) is 4.98. The molecule has 0 fully saturated rings. The summed E-state index contributed by atoms with van der Waals surface area (Å²) < 4.78 is 36.5. The molecule has 0 spiro atoms. The van der Waals surface area contributed by atoms with Crippen LogP contribution in [0.25, 0.3) is 0 Å². The minimum absolute atomic E-state index is 0.362. The lowest BCUT2D eigenvalue weighted by Gasteiger charge is -2.11. The third-order valence-corrected chi connectivity index (χ3v) is 2.49. The summed E-state index contributed by atoms with van der Waals surface area (Å²) in [7, 11) is 0. The molecule has 0 N–H and O–H groups in total. The van der Waals surface area contributed by atoms with E-state index in [0.29, 0.717) is 5.03 Å². The molecule has 1 heterocycles. The number of aromatic nitrogens is 2. The quantitative estimate of drug-likeness (QED) is 0.751. The second-order valence-electron chi connectivity index (χ2n) is 2.58. The lowest BCUT2D eigenvalue weighted by molar-refractivity contribution is -0.152. The Labute approximate surface area is 88.3 Å². The van der Waals surface area contributed by atoms with Gasteiger partial charge in [-0.15, -0.1) is 11.8 Å². The van der Waals surface area contributed by atoms with E-state index in [9.17, 15) is 13.2 Å². The third-order valence-electron chi connectivity index (χ3n) is 1.49. The van der Waals surface area contributed by atoms with E-state index < -0.39 is 12.1 Å². The highest BCUT2D eigenvalue weighted by Crippen LogP contribution is 2.30. The molecular weight excluding hydrogens is 227 g/mol. The molecule has 0 radical (unpaired) electrons. The van der Waals surface area contributed by atoms with E-state index in [1.807, 2.05) is 0 Å². The fourth-order valence-corrected chi connectivity index (χ4v) is 1.61. The fourth-order valence-electron chi connectivity index (χ4n) is 0.734. The summed E-state index contributed by atoms with van der Waals surface area (Å²) in [5.74, 6) is -2.33. The normalized spacial score (nSPS) is 13.2. The Morgan fingerprint density at radius 1 is 1.47 bits per heavy atom. The molecule has 0 amide bonds. The number of halogens is 3. The molecule has 0 aliphatic carbocycles. The van der Waals surface area contributed by atoms with Crippen molar-refractivity contribution in [1.82, 2.24) is 9.97 Å². The summed E-state index contributed by atoms with van der Waals surface area (Å²) in [6.45, 7) is 0. The largest absolute Gasteiger partial charge is 0.405 e. The summed E-state index contributed by atoms with van der Waals surface area (Å²) in [4.78, 5) is 7.49. The Morgan fingerprint density at radius 2 is 2.20 bits per heavy atom. The van der Waals surface area contributed by atoms with Gasteiger partial charge in [-0.05, 0) is 0 Å². The molecule has 1 unspecified atom stereocenters. The first kappa shape index (κ1) is 11.8. The van der Waals surface area contributed by atoms with Gasteiger partial charge in [-0.1, -0.05) is 0 Å².